The number of unbranched alkanes of at least 4 members (excludes halogenated alkanes) is 1. The van der Waals surface area contributed by atoms with Crippen molar-refractivity contribution in [1.82, 2.24) is 26.6 Å². The van der Waals surface area contributed by atoms with Crippen LogP contribution in [0.3, 0.4) is 0 Å². The van der Waals surface area contributed by atoms with Crippen molar-refractivity contribution in [3.8, 4) is 11.1 Å². The van der Waals surface area contributed by atoms with E-state index in [9.17, 15) is 42.3 Å². The lowest BCUT2D eigenvalue weighted by atomic mass is 9.43. The van der Waals surface area contributed by atoms with E-state index < -0.39 is 90.2 Å². The van der Waals surface area contributed by atoms with Crippen molar-refractivity contribution in [2.24, 2.45) is 28.7 Å². The monoisotopic (exact) mass is 886 g/mol. The first-order valence-corrected chi connectivity index (χ1v) is 21.5. The molecule has 0 radical (unpaired) electrons. The fourth-order valence-electron chi connectivity index (χ4n) is 9.18. The van der Waals surface area contributed by atoms with Gasteiger partial charge in [0.2, 0.25) is 23.6 Å². The number of benzene rings is 2. The van der Waals surface area contributed by atoms with Crippen LogP contribution in [0.15, 0.2) is 42.5 Å². The Kier molecular flexibility index (Phi) is 15.6. The number of hydrogen-bond donors (Lipinski definition) is 9. The molecule has 1 unspecified atom stereocenters. The second kappa shape index (κ2) is 20.0. The van der Waals surface area contributed by atoms with E-state index in [0.29, 0.717) is 31.2 Å². The molecule has 2 aromatic carbocycles. The van der Waals surface area contributed by atoms with Crippen LogP contribution in [-0.4, -0.2) is 103 Å². The zero-order valence-electron chi connectivity index (χ0n) is 36.6. The van der Waals surface area contributed by atoms with Crippen LogP contribution in [0, 0.1) is 17.3 Å². The number of carbonyl (C=O) groups is 5. The van der Waals surface area contributed by atoms with E-state index in [1.807, 2.05) is 0 Å². The van der Waals surface area contributed by atoms with Crippen LogP contribution in [0.1, 0.15) is 96.0 Å². The summed E-state index contributed by atoms with van der Waals surface area (Å²) in [6.45, 7) is 11.3. The van der Waals surface area contributed by atoms with Gasteiger partial charge in [-0.05, 0) is 126 Å². The molecule has 346 valence electrons. The molecule has 1 aliphatic heterocycles. The van der Waals surface area contributed by atoms with Gasteiger partial charge in [0.1, 0.15) is 24.2 Å². The average molecular weight is 887 g/mol. The van der Waals surface area contributed by atoms with Gasteiger partial charge in [-0.2, -0.15) is 13.2 Å². The molecule has 5 amide bonds. The molecule has 0 aromatic heterocycles. The van der Waals surface area contributed by atoms with Gasteiger partial charge in [0.25, 0.3) is 5.91 Å². The molecule has 2 aromatic rings. The molecular weight excluding hydrogens is 824 g/mol. The van der Waals surface area contributed by atoms with Gasteiger partial charge < -0.3 is 58.2 Å². The Hall–Kier alpha value is -4.76. The maximum absolute atomic E-state index is 13.7. The highest BCUT2D eigenvalue weighted by atomic mass is 19.4. The largest absolute Gasteiger partial charge is 0.481 e. The first kappa shape index (κ1) is 49.3. The van der Waals surface area contributed by atoms with E-state index in [1.165, 1.54) is 50.2 Å². The maximum Gasteiger partial charge on any atom is 0.481 e. The second-order valence-electron chi connectivity index (χ2n) is 17.9. The lowest BCUT2D eigenvalue weighted by Gasteiger charge is -2.64. The number of rotatable bonds is 19. The third kappa shape index (κ3) is 11.0. The summed E-state index contributed by atoms with van der Waals surface area (Å²) in [5, 5.41) is 23.6. The van der Waals surface area contributed by atoms with Crippen LogP contribution in [0.4, 0.5) is 18.9 Å². The van der Waals surface area contributed by atoms with Crippen molar-refractivity contribution >= 4 is 42.3 Å². The normalized spacial score (nSPS) is 24.0. The number of aliphatic hydroxyl groups excluding tert-OH is 1. The number of nitrogen functional groups attached to an aromatic ring is 1. The lowest BCUT2D eigenvalue weighted by molar-refractivity contribution is -0.199. The van der Waals surface area contributed by atoms with Crippen LogP contribution in [0.2, 0.25) is 0 Å². The van der Waals surface area contributed by atoms with Crippen molar-refractivity contribution in [2.75, 3.05) is 18.8 Å². The minimum absolute atomic E-state index is 0.0876. The molecule has 6 rings (SSSR count). The second-order valence-corrected chi connectivity index (χ2v) is 17.9. The number of alkyl halides is 3. The highest BCUT2D eigenvalue weighted by molar-refractivity contribution is 6.47. The van der Waals surface area contributed by atoms with Gasteiger partial charge in [0.15, 0.2) is 0 Å². The Morgan fingerprint density at radius 3 is 2.13 bits per heavy atom. The van der Waals surface area contributed by atoms with Gasteiger partial charge in [-0.1, -0.05) is 38.1 Å². The Balaban J connectivity index is 1.18. The summed E-state index contributed by atoms with van der Waals surface area (Å²) in [5.74, 6) is -3.57. The molecule has 3 saturated carbocycles. The van der Waals surface area contributed by atoms with Gasteiger partial charge in [0, 0.05) is 5.69 Å². The number of anilines is 1. The van der Waals surface area contributed by atoms with Gasteiger partial charge in [-0.3, -0.25) is 24.0 Å². The number of hydrogen-bond acceptors (Lipinski definition) is 11. The Labute approximate surface area is 366 Å². The van der Waals surface area contributed by atoms with Gasteiger partial charge >= 0.3 is 13.3 Å². The number of halogens is 3. The van der Waals surface area contributed by atoms with E-state index in [4.69, 9.17) is 26.5 Å². The SMILES string of the molecule is C[C@H](NC(=O)[C@H](CCCCN)NC(=O)[C@H](C)NC(=O)[C@@H](NC(=O)[C@H](CCN)NC(=O)c1ccc(-c2ccccc2C(F)(F)F)cc1N)[C@@H](C)O)B1OC2C[C@@H]3C[C@@H](C3(C)C)[C@]2(C)O1. The predicted octanol–water partition coefficient (Wildman–Crippen LogP) is 2.16. The highest BCUT2D eigenvalue weighted by Gasteiger charge is 2.68. The molecule has 2 bridgehead atoms. The molecule has 12 N–H and O–H groups in total. The van der Waals surface area contributed by atoms with Crippen LogP contribution in [-0.2, 0) is 34.7 Å². The van der Waals surface area contributed by atoms with E-state index in [2.05, 4.69) is 47.4 Å². The molecule has 10 atom stereocenters. The van der Waals surface area contributed by atoms with E-state index >= 15 is 0 Å². The Morgan fingerprint density at radius 1 is 0.841 bits per heavy atom. The lowest BCUT2D eigenvalue weighted by Crippen LogP contribution is -2.65. The zero-order chi connectivity index (χ0) is 46.6. The van der Waals surface area contributed by atoms with Crippen molar-refractivity contribution in [2.45, 2.75) is 134 Å². The number of carbonyl (C=O) groups excluding carboxylic acids is 5. The first-order valence-electron chi connectivity index (χ1n) is 21.5. The summed E-state index contributed by atoms with van der Waals surface area (Å²) >= 11 is 0. The predicted molar refractivity (Wildman–Crippen MR) is 230 cm³/mol. The van der Waals surface area contributed by atoms with Crippen LogP contribution in [0.5, 0.6) is 0 Å². The molecule has 1 saturated heterocycles. The number of aliphatic hydroxyl groups is 1. The topological polar surface area (TPSA) is 262 Å². The van der Waals surface area contributed by atoms with Crippen molar-refractivity contribution in [3.63, 3.8) is 0 Å². The molecule has 4 aliphatic rings. The fraction of sp³-hybridized carbons (Fsp3) is 0.605. The summed E-state index contributed by atoms with van der Waals surface area (Å²) in [5.41, 5.74) is 16.0. The van der Waals surface area contributed by atoms with Gasteiger partial charge in [-0.25, -0.2) is 0 Å². The minimum atomic E-state index is -4.64. The smallest absolute Gasteiger partial charge is 0.404 e. The summed E-state index contributed by atoms with van der Waals surface area (Å²) in [7, 11) is -0.689. The molecule has 63 heavy (non-hydrogen) atoms. The number of nitrogens with two attached hydrogens (primary N) is 3. The van der Waals surface area contributed by atoms with E-state index in [1.54, 1.807) is 6.92 Å². The summed E-state index contributed by atoms with van der Waals surface area (Å²) < 4.78 is 53.8. The third-order valence-corrected chi connectivity index (χ3v) is 13.1. The average Bonchev–Trinajstić information content (AvgIpc) is 3.59. The van der Waals surface area contributed by atoms with Crippen molar-refractivity contribution in [3.05, 3.63) is 53.6 Å². The summed E-state index contributed by atoms with van der Waals surface area (Å²) in [6, 6.07) is 3.42. The molecule has 4 fully saturated rings. The molecule has 16 nitrogen and oxygen atoms in total. The van der Waals surface area contributed by atoms with Gasteiger partial charge in [-0.15, -0.1) is 0 Å². The van der Waals surface area contributed by atoms with Crippen LogP contribution in [0.25, 0.3) is 11.1 Å². The molecular formula is C43H62BF3N8O8. The maximum atomic E-state index is 13.7. The van der Waals surface area contributed by atoms with Crippen LogP contribution >= 0.6 is 0 Å². The summed E-state index contributed by atoms with van der Waals surface area (Å²) in [6.07, 6.45) is -3.02. The van der Waals surface area contributed by atoms with Crippen LogP contribution < -0.4 is 43.8 Å². The minimum Gasteiger partial charge on any atom is -0.404 e. The fourth-order valence-corrected chi connectivity index (χ4v) is 9.18. The van der Waals surface area contributed by atoms with Crippen molar-refractivity contribution < 1.29 is 51.6 Å². The first-order chi connectivity index (χ1) is 29.5. The quantitative estimate of drug-likeness (QED) is 0.0561. The Morgan fingerprint density at radius 2 is 1.51 bits per heavy atom. The molecule has 3 aliphatic carbocycles. The molecule has 20 heteroatoms. The Bertz CT molecular complexity index is 2010. The molecule has 0 spiro atoms. The molecule has 1 heterocycles. The van der Waals surface area contributed by atoms with E-state index in [0.717, 1.165) is 18.9 Å². The summed E-state index contributed by atoms with van der Waals surface area (Å²) in [4.78, 5) is 67.5. The number of nitrogens with one attached hydrogen (secondary N) is 5. The van der Waals surface area contributed by atoms with Crippen molar-refractivity contribution in [1.29, 1.82) is 0 Å². The number of amides is 5. The highest BCUT2D eigenvalue weighted by Crippen LogP contribution is 2.65. The van der Waals surface area contributed by atoms with E-state index in [-0.39, 0.29) is 53.3 Å². The third-order valence-electron chi connectivity index (χ3n) is 13.1. The zero-order valence-corrected chi connectivity index (χ0v) is 36.6. The van der Waals surface area contributed by atoms with Gasteiger partial charge in [0.05, 0.1) is 34.9 Å². The standard InChI is InChI=1S/C43H62BF3N8O8/c1-22(36(57)53-31(13-9-10-17-48)38(59)52-24(3)44-62-34-21-26-20-33(41(26,4)5)42(34,6)63-44)51-40(61)35(23(2)56)55-39(60)32(16-18-49)54-37(58)28-15-14-25(19-30(28)50)27-11-7-8-12-29(27)43(45,46)47/h7-8,11-12,14-15,19,22-24,26,31-35,56H,9-10,13,16-18,20-21,48-50H2,1-6H3,(H,51,61)(H,52,59)(H,53,57)(H,54,58)(H,55,60)/t22-,23+,24-,26-,31-,32-,33-,34?,35-,42-/m0/s1.